The summed E-state index contributed by atoms with van der Waals surface area (Å²) in [6.07, 6.45) is 8.24. The molecule has 2 aliphatic carbocycles. The molecule has 3 heterocycles. The number of rotatable bonds is 5. The number of hydrogen-bond acceptors (Lipinski definition) is 6. The minimum absolute atomic E-state index is 0.0791. The third-order valence-electron chi connectivity index (χ3n) is 7.30. The molecule has 31 heavy (non-hydrogen) atoms. The van der Waals surface area contributed by atoms with Crippen molar-refractivity contribution in [3.63, 3.8) is 0 Å². The van der Waals surface area contributed by atoms with E-state index >= 15 is 0 Å². The Balaban J connectivity index is 1.22. The zero-order chi connectivity index (χ0) is 21.0. The fourth-order valence-electron chi connectivity index (χ4n) is 5.22. The summed E-state index contributed by atoms with van der Waals surface area (Å²) < 4.78 is 12.6. The first-order valence-electron chi connectivity index (χ1n) is 11.4. The van der Waals surface area contributed by atoms with E-state index in [1.807, 2.05) is 0 Å². The van der Waals surface area contributed by atoms with E-state index in [1.165, 1.54) is 16.7 Å². The van der Waals surface area contributed by atoms with Crippen LogP contribution in [0.2, 0.25) is 0 Å². The van der Waals surface area contributed by atoms with Crippen molar-refractivity contribution in [1.82, 2.24) is 9.97 Å². The van der Waals surface area contributed by atoms with E-state index < -0.39 is 10.8 Å². The Morgan fingerprint density at radius 1 is 1.19 bits per heavy atom. The van der Waals surface area contributed by atoms with Crippen molar-refractivity contribution in [2.24, 2.45) is 5.92 Å². The topological polar surface area (TPSA) is 78.4 Å². The number of aromatic nitrogens is 2. The maximum atomic E-state index is 12.6. The van der Waals surface area contributed by atoms with Gasteiger partial charge in [-0.15, -0.1) is 0 Å². The number of piperidine rings is 1. The Kier molecular flexibility index (Phi) is 4.65. The fourth-order valence-corrected chi connectivity index (χ4v) is 6.53. The molecule has 7 heteroatoms. The van der Waals surface area contributed by atoms with Crippen LogP contribution < -0.4 is 10.2 Å². The number of nitrogens with one attached hydrogen (secondary N) is 1. The molecule has 162 valence electrons. The van der Waals surface area contributed by atoms with Crippen LogP contribution in [0.15, 0.2) is 35.2 Å². The summed E-state index contributed by atoms with van der Waals surface area (Å²) in [4.78, 5) is 12.7. The number of anilines is 2. The van der Waals surface area contributed by atoms with E-state index in [1.54, 1.807) is 0 Å². The van der Waals surface area contributed by atoms with E-state index in [0.29, 0.717) is 17.5 Å². The predicted molar refractivity (Wildman–Crippen MR) is 123 cm³/mol. The maximum Gasteiger partial charge on any atom is 0.227 e. The molecule has 1 atom stereocenters. The summed E-state index contributed by atoms with van der Waals surface area (Å²) in [5.41, 5.74) is 5.02. The highest BCUT2D eigenvalue weighted by Gasteiger charge is 2.44. The van der Waals surface area contributed by atoms with Gasteiger partial charge in [0, 0.05) is 25.3 Å². The van der Waals surface area contributed by atoms with Crippen LogP contribution in [-0.2, 0) is 23.6 Å². The highest BCUT2D eigenvalue weighted by molar-refractivity contribution is 7.85. The summed E-state index contributed by atoms with van der Waals surface area (Å²) in [6.45, 7) is 1.93. The lowest BCUT2D eigenvalue weighted by Crippen LogP contribution is -2.36. The lowest BCUT2D eigenvalue weighted by atomic mass is 9.86. The summed E-state index contributed by atoms with van der Waals surface area (Å²) in [6, 6.07) is 8.77. The third kappa shape index (κ3) is 3.38. The number of aryl methyl sites for hydroxylation is 1. The van der Waals surface area contributed by atoms with Crippen molar-refractivity contribution < 1.29 is 9.32 Å². The van der Waals surface area contributed by atoms with Crippen LogP contribution in [0.25, 0.3) is 5.57 Å². The second-order valence-electron chi connectivity index (χ2n) is 9.29. The molecule has 2 aliphatic heterocycles. The van der Waals surface area contributed by atoms with Crippen LogP contribution in [0.5, 0.6) is 0 Å². The van der Waals surface area contributed by atoms with Crippen molar-refractivity contribution in [3.05, 3.63) is 47.2 Å². The molecule has 1 saturated heterocycles. The maximum absolute atomic E-state index is 12.6. The number of nitrogens with zero attached hydrogens (tertiary/aromatic N) is 3. The Hall–Kier alpha value is -2.25. The molecule has 0 spiro atoms. The molecule has 0 bridgehead atoms. The van der Waals surface area contributed by atoms with Gasteiger partial charge in [-0.2, -0.15) is 4.98 Å². The van der Waals surface area contributed by atoms with Gasteiger partial charge in [0.2, 0.25) is 5.95 Å². The first-order valence-corrected chi connectivity index (χ1v) is 12.7. The first-order chi connectivity index (χ1) is 15.2. The van der Waals surface area contributed by atoms with Gasteiger partial charge < -0.3 is 15.3 Å². The molecule has 0 radical (unpaired) electrons. The van der Waals surface area contributed by atoms with Gasteiger partial charge in [-0.1, -0.05) is 30.3 Å². The van der Waals surface area contributed by atoms with Crippen LogP contribution >= 0.6 is 0 Å². The monoisotopic (exact) mass is 436 g/mol. The molecule has 1 saturated carbocycles. The van der Waals surface area contributed by atoms with Crippen LogP contribution in [-0.4, -0.2) is 50.3 Å². The number of aliphatic hydroxyl groups is 1. The molecule has 4 aliphatic rings. The molecule has 2 N–H and O–H groups in total. The zero-order valence-electron chi connectivity index (χ0n) is 17.6. The van der Waals surface area contributed by atoms with E-state index in [4.69, 9.17) is 9.97 Å². The van der Waals surface area contributed by atoms with Crippen LogP contribution in [0.4, 0.5) is 11.8 Å². The lowest BCUT2D eigenvalue weighted by molar-refractivity contribution is 0.265. The second kappa shape index (κ2) is 7.41. The summed E-state index contributed by atoms with van der Waals surface area (Å²) >= 11 is 0. The number of allylic oxidation sites excluding steroid dienone is 2. The Morgan fingerprint density at radius 2 is 2.00 bits per heavy atom. The standard InChI is InChI=1S/C24H28N4O2S/c29-15-24(10-11-24)27-22-21-20(9-14-31(21)30)25-23(26-22)28-12-7-17(8-13-28)19-6-5-16-3-1-2-4-18(16)19/h1-4,6,17,29H,5,7-15H2,(H,25,26,27). The fraction of sp³-hybridized carbons (Fsp3) is 0.500. The van der Waals surface area contributed by atoms with Gasteiger partial charge in [0.05, 0.1) is 28.6 Å². The highest BCUT2D eigenvalue weighted by atomic mass is 32.2. The van der Waals surface area contributed by atoms with Crippen molar-refractivity contribution in [3.8, 4) is 0 Å². The number of hydrogen-bond donors (Lipinski definition) is 2. The largest absolute Gasteiger partial charge is 0.394 e. The molecule has 6 nitrogen and oxygen atoms in total. The van der Waals surface area contributed by atoms with Crippen LogP contribution in [0, 0.1) is 5.92 Å². The van der Waals surface area contributed by atoms with Gasteiger partial charge in [-0.3, -0.25) is 4.21 Å². The smallest absolute Gasteiger partial charge is 0.227 e. The van der Waals surface area contributed by atoms with Gasteiger partial charge in [0.25, 0.3) is 0 Å². The third-order valence-corrected chi connectivity index (χ3v) is 8.76. The second-order valence-corrected chi connectivity index (χ2v) is 10.8. The normalized spacial score (nSPS) is 24.0. The minimum atomic E-state index is -1.06. The average molecular weight is 437 g/mol. The molecule has 0 amide bonds. The van der Waals surface area contributed by atoms with Crippen LogP contribution in [0.1, 0.15) is 42.5 Å². The van der Waals surface area contributed by atoms with Gasteiger partial charge >= 0.3 is 0 Å². The van der Waals surface area contributed by atoms with E-state index in [2.05, 4.69) is 40.6 Å². The molecule has 2 aromatic rings. The molecule has 2 fully saturated rings. The summed E-state index contributed by atoms with van der Waals surface area (Å²) in [7, 11) is -1.06. The molecular weight excluding hydrogens is 408 g/mol. The number of fused-ring (bicyclic) bond motifs is 2. The minimum Gasteiger partial charge on any atom is -0.394 e. The zero-order valence-corrected chi connectivity index (χ0v) is 18.5. The average Bonchev–Trinajstić information content (AvgIpc) is 3.28. The highest BCUT2D eigenvalue weighted by Crippen LogP contribution is 2.42. The van der Waals surface area contributed by atoms with Gasteiger partial charge in [0.15, 0.2) is 0 Å². The SMILES string of the molecule is O=S1CCc2nc(N3CCC(C4=CCc5ccccc54)CC3)nc(NC3(CO)CC3)c21. The van der Waals surface area contributed by atoms with Crippen molar-refractivity contribution in [2.45, 2.75) is 49.0 Å². The number of benzene rings is 1. The Bertz CT molecular complexity index is 1090. The summed E-state index contributed by atoms with van der Waals surface area (Å²) in [5, 5.41) is 13.2. The van der Waals surface area contributed by atoms with Crippen LogP contribution in [0.3, 0.4) is 0 Å². The van der Waals surface area contributed by atoms with E-state index in [9.17, 15) is 9.32 Å². The molecule has 6 rings (SSSR count). The molecule has 1 aromatic heterocycles. The molecular formula is C24H28N4O2S. The molecule has 1 aromatic carbocycles. The van der Waals surface area contributed by atoms with Crippen molar-refractivity contribution in [1.29, 1.82) is 0 Å². The lowest BCUT2D eigenvalue weighted by Gasteiger charge is -2.33. The van der Waals surface area contributed by atoms with Crippen molar-refractivity contribution in [2.75, 3.05) is 35.7 Å². The number of aliphatic hydroxyl groups excluding tert-OH is 1. The Morgan fingerprint density at radius 3 is 2.77 bits per heavy atom. The van der Waals surface area contributed by atoms with Gasteiger partial charge in [-0.05, 0) is 54.7 Å². The van der Waals surface area contributed by atoms with E-state index in [0.717, 1.165) is 68.2 Å². The summed E-state index contributed by atoms with van der Waals surface area (Å²) in [5.74, 6) is 2.62. The van der Waals surface area contributed by atoms with E-state index in [-0.39, 0.29) is 12.1 Å². The van der Waals surface area contributed by atoms with Gasteiger partial charge in [0.1, 0.15) is 10.7 Å². The quantitative estimate of drug-likeness (QED) is 0.750. The predicted octanol–water partition coefficient (Wildman–Crippen LogP) is 2.93. The first kappa shape index (κ1) is 19.4. The van der Waals surface area contributed by atoms with Crippen molar-refractivity contribution >= 4 is 28.1 Å². The molecule has 1 unspecified atom stereocenters. The Labute approximate surface area is 185 Å². The van der Waals surface area contributed by atoms with Gasteiger partial charge in [-0.25, -0.2) is 4.98 Å².